The maximum Gasteiger partial charge on any atom is 0.373 e. The van der Waals surface area contributed by atoms with Gasteiger partial charge in [-0.2, -0.15) is 0 Å². The van der Waals surface area contributed by atoms with Gasteiger partial charge < -0.3 is 0 Å². The molecule has 0 fully saturated rings. The first-order chi connectivity index (χ1) is 13.0. The lowest BCUT2D eigenvalue weighted by atomic mass is 10.2. The van der Waals surface area contributed by atoms with Gasteiger partial charge in [-0.1, -0.05) is 48.7 Å². The molecule has 6 heteroatoms. The molecule has 0 amide bonds. The molecule has 0 atom stereocenters. The van der Waals surface area contributed by atoms with E-state index in [1.807, 2.05) is 20.8 Å². The monoisotopic (exact) mass is 372 g/mol. The minimum Gasteiger partial charge on any atom is -0.290 e. The highest BCUT2D eigenvalue weighted by Crippen LogP contribution is 2.12. The van der Waals surface area contributed by atoms with E-state index in [-0.39, 0.29) is 0 Å². The van der Waals surface area contributed by atoms with E-state index in [1.54, 1.807) is 48.5 Å². The predicted molar refractivity (Wildman–Crippen MR) is 98.7 cm³/mol. The van der Waals surface area contributed by atoms with Crippen LogP contribution in [-0.2, 0) is 19.6 Å². The van der Waals surface area contributed by atoms with Crippen molar-refractivity contribution in [1.82, 2.24) is 0 Å². The molecule has 0 saturated carbocycles. The van der Waals surface area contributed by atoms with Crippen LogP contribution in [0.5, 0.6) is 0 Å². The van der Waals surface area contributed by atoms with E-state index in [1.165, 1.54) is 0 Å². The number of carbonyl (C=O) groups excluding carboxylic acids is 2. The topological polar surface area (TPSA) is 71.1 Å². The van der Waals surface area contributed by atoms with Crippen molar-refractivity contribution in [3.05, 3.63) is 70.8 Å². The number of rotatable bonds is 9. The molecule has 6 nitrogen and oxygen atoms in total. The standard InChI is InChI=1S/C21H24O6/c1-4-5-6-19(24-26-20(22)17-11-7-15(2)8-12-17)25-27-21(23)18-13-9-16(3)10-14-18/h7-14,19H,4-6H2,1-3H3. The molecule has 0 unspecified atom stereocenters. The fourth-order valence-electron chi connectivity index (χ4n) is 2.15. The number of hydrogen-bond acceptors (Lipinski definition) is 6. The normalized spacial score (nSPS) is 10.7. The molecule has 0 heterocycles. The average Bonchev–Trinajstić information content (AvgIpc) is 2.68. The second-order valence-corrected chi connectivity index (χ2v) is 6.24. The molecule has 0 spiro atoms. The number of aryl methyl sites for hydroxylation is 2. The fraction of sp³-hybridized carbons (Fsp3) is 0.333. The molecule has 0 N–H and O–H groups in total. The van der Waals surface area contributed by atoms with Gasteiger partial charge in [0.15, 0.2) is 0 Å². The Labute approximate surface area is 158 Å². The van der Waals surface area contributed by atoms with Gasteiger partial charge in [-0.3, -0.25) is 9.78 Å². The molecule has 2 rings (SSSR count). The minimum absolute atomic E-state index is 0.353. The highest BCUT2D eigenvalue weighted by molar-refractivity contribution is 5.89. The summed E-state index contributed by atoms with van der Waals surface area (Å²) in [5, 5.41) is 0. The molecule has 0 aromatic heterocycles. The Morgan fingerprint density at radius 1 is 0.778 bits per heavy atom. The van der Waals surface area contributed by atoms with E-state index in [4.69, 9.17) is 19.6 Å². The third-order valence-corrected chi connectivity index (χ3v) is 3.83. The lowest BCUT2D eigenvalue weighted by Gasteiger charge is -2.15. The fourth-order valence-corrected chi connectivity index (χ4v) is 2.15. The van der Waals surface area contributed by atoms with Crippen LogP contribution >= 0.6 is 0 Å². The van der Waals surface area contributed by atoms with Crippen LogP contribution in [0.15, 0.2) is 48.5 Å². The van der Waals surface area contributed by atoms with Gasteiger partial charge in [0.25, 0.3) is 0 Å². The van der Waals surface area contributed by atoms with E-state index in [2.05, 4.69) is 0 Å². The van der Waals surface area contributed by atoms with E-state index < -0.39 is 18.2 Å². The Hall–Kier alpha value is -2.70. The number of benzene rings is 2. The summed E-state index contributed by atoms with van der Waals surface area (Å²) in [6.45, 7) is 5.83. The van der Waals surface area contributed by atoms with Gasteiger partial charge in [0, 0.05) is 6.42 Å². The first kappa shape index (κ1) is 20.6. The zero-order valence-corrected chi connectivity index (χ0v) is 15.8. The predicted octanol–water partition coefficient (Wildman–Crippen LogP) is 4.70. The SMILES string of the molecule is CCCCC(OOC(=O)c1ccc(C)cc1)OOC(=O)c1ccc(C)cc1. The summed E-state index contributed by atoms with van der Waals surface area (Å²) in [7, 11) is 0. The maximum atomic E-state index is 12.0. The van der Waals surface area contributed by atoms with Crippen molar-refractivity contribution >= 4 is 11.9 Å². The van der Waals surface area contributed by atoms with Gasteiger partial charge in [-0.25, -0.2) is 9.59 Å². The van der Waals surface area contributed by atoms with Crippen molar-refractivity contribution in [3.8, 4) is 0 Å². The van der Waals surface area contributed by atoms with Crippen molar-refractivity contribution in [3.63, 3.8) is 0 Å². The van der Waals surface area contributed by atoms with Gasteiger partial charge in [-0.15, -0.1) is 9.78 Å². The minimum atomic E-state index is -1.01. The van der Waals surface area contributed by atoms with Gasteiger partial charge >= 0.3 is 11.9 Å². The first-order valence-electron chi connectivity index (χ1n) is 8.88. The van der Waals surface area contributed by atoms with E-state index in [0.29, 0.717) is 17.5 Å². The molecule has 144 valence electrons. The molecule has 0 aliphatic heterocycles. The quantitative estimate of drug-likeness (QED) is 0.361. The molecule has 0 aliphatic carbocycles. The zero-order valence-electron chi connectivity index (χ0n) is 15.8. The molecule has 27 heavy (non-hydrogen) atoms. The molecule has 2 aromatic rings. The molecule has 0 aliphatic rings. The summed E-state index contributed by atoms with van der Waals surface area (Å²) in [5.41, 5.74) is 2.76. The van der Waals surface area contributed by atoms with Crippen molar-refractivity contribution in [2.24, 2.45) is 0 Å². The summed E-state index contributed by atoms with van der Waals surface area (Å²) in [4.78, 5) is 43.8. The molecule has 0 bridgehead atoms. The molecular formula is C21H24O6. The molecular weight excluding hydrogens is 348 g/mol. The third-order valence-electron chi connectivity index (χ3n) is 3.83. The Balaban J connectivity index is 1.88. The maximum absolute atomic E-state index is 12.0. The summed E-state index contributed by atoms with van der Waals surface area (Å²) in [6.07, 6.45) is 1.02. The van der Waals surface area contributed by atoms with Crippen LogP contribution in [0.25, 0.3) is 0 Å². The molecule has 0 radical (unpaired) electrons. The van der Waals surface area contributed by atoms with E-state index in [0.717, 1.165) is 24.0 Å². The van der Waals surface area contributed by atoms with Crippen molar-refractivity contribution in [1.29, 1.82) is 0 Å². The van der Waals surface area contributed by atoms with Crippen LogP contribution in [0.1, 0.15) is 58.0 Å². The van der Waals surface area contributed by atoms with E-state index >= 15 is 0 Å². The van der Waals surface area contributed by atoms with Crippen molar-refractivity contribution in [2.45, 2.75) is 46.3 Å². The van der Waals surface area contributed by atoms with Gasteiger partial charge in [0.2, 0.25) is 6.29 Å². The Morgan fingerprint density at radius 2 is 1.19 bits per heavy atom. The third kappa shape index (κ3) is 6.84. The van der Waals surface area contributed by atoms with Crippen LogP contribution in [-0.4, -0.2) is 18.2 Å². The summed E-state index contributed by atoms with van der Waals surface area (Å²) < 4.78 is 0. The molecule has 0 saturated heterocycles. The number of hydrogen-bond donors (Lipinski definition) is 0. The van der Waals surface area contributed by atoms with Gasteiger partial charge in [0.1, 0.15) is 0 Å². The smallest absolute Gasteiger partial charge is 0.290 e. The largest absolute Gasteiger partial charge is 0.373 e. The Bertz CT molecular complexity index is 675. The number of unbranched alkanes of at least 4 members (excludes halogenated alkanes) is 1. The van der Waals surface area contributed by atoms with Crippen LogP contribution in [0.2, 0.25) is 0 Å². The summed E-state index contributed by atoms with van der Waals surface area (Å²) in [5.74, 6) is -1.30. The lowest BCUT2D eigenvalue weighted by Crippen LogP contribution is -2.22. The van der Waals surface area contributed by atoms with Gasteiger partial charge in [0.05, 0.1) is 11.1 Å². The zero-order chi connectivity index (χ0) is 19.6. The van der Waals surface area contributed by atoms with Crippen LogP contribution in [0.4, 0.5) is 0 Å². The van der Waals surface area contributed by atoms with Crippen LogP contribution in [0, 0.1) is 13.8 Å². The van der Waals surface area contributed by atoms with Crippen molar-refractivity contribution < 1.29 is 29.1 Å². The second-order valence-electron chi connectivity index (χ2n) is 6.24. The van der Waals surface area contributed by atoms with Crippen LogP contribution < -0.4 is 0 Å². The Kier molecular flexibility index (Phi) is 7.98. The highest BCUT2D eigenvalue weighted by Gasteiger charge is 2.19. The Morgan fingerprint density at radius 3 is 1.56 bits per heavy atom. The average molecular weight is 372 g/mol. The lowest BCUT2D eigenvalue weighted by molar-refractivity contribution is -0.421. The second kappa shape index (κ2) is 10.4. The highest BCUT2D eigenvalue weighted by atomic mass is 17.3. The first-order valence-corrected chi connectivity index (χ1v) is 8.88. The summed E-state index contributed by atoms with van der Waals surface area (Å²) in [6, 6.07) is 13.7. The van der Waals surface area contributed by atoms with Crippen LogP contribution in [0.3, 0.4) is 0 Å². The number of carbonyl (C=O) groups is 2. The van der Waals surface area contributed by atoms with Crippen molar-refractivity contribution in [2.75, 3.05) is 0 Å². The summed E-state index contributed by atoms with van der Waals surface area (Å²) >= 11 is 0. The van der Waals surface area contributed by atoms with E-state index in [9.17, 15) is 9.59 Å². The van der Waals surface area contributed by atoms with Gasteiger partial charge in [-0.05, 0) is 44.5 Å². The molecule has 2 aromatic carbocycles.